The van der Waals surface area contributed by atoms with Crippen molar-refractivity contribution in [1.29, 1.82) is 0 Å². The summed E-state index contributed by atoms with van der Waals surface area (Å²) < 4.78 is 45.6. The van der Waals surface area contributed by atoms with E-state index in [1.165, 1.54) is 4.90 Å². The first-order valence-corrected chi connectivity index (χ1v) is 17.4. The molecule has 0 saturated carbocycles. The van der Waals surface area contributed by atoms with Crippen molar-refractivity contribution in [2.45, 2.75) is 111 Å². The van der Waals surface area contributed by atoms with Crippen LogP contribution >= 0.6 is 0 Å². The molecule has 11 nitrogen and oxygen atoms in total. The van der Waals surface area contributed by atoms with Crippen LogP contribution in [0.25, 0.3) is 0 Å². The van der Waals surface area contributed by atoms with Gasteiger partial charge >= 0.3 is 18.2 Å². The van der Waals surface area contributed by atoms with Crippen LogP contribution in [0, 0.1) is 11.7 Å². The fourth-order valence-electron chi connectivity index (χ4n) is 5.89. The van der Waals surface area contributed by atoms with Crippen LogP contribution in [0.15, 0.2) is 36.4 Å². The molecule has 0 aliphatic carbocycles. The number of rotatable bonds is 10. The van der Waals surface area contributed by atoms with E-state index in [9.17, 15) is 14.4 Å². The summed E-state index contributed by atoms with van der Waals surface area (Å²) in [6.45, 7) is 17.4. The Morgan fingerprint density at radius 1 is 0.900 bits per heavy atom. The SMILES string of the molecule is CC(C)(C)OC(=O)CNc1c(OCc2ccccc2)cc2c(c1F)C[C@H](CN(CC1CCOCC1)C(=O)OC(C)(C)C)N2C(=O)OC(C)(C)C. The zero-order valence-electron chi connectivity index (χ0n) is 31.0. The molecule has 2 amide bonds. The van der Waals surface area contributed by atoms with Crippen LogP contribution < -0.4 is 15.0 Å². The number of ether oxygens (including phenoxy) is 5. The van der Waals surface area contributed by atoms with Gasteiger partial charge in [0, 0.05) is 44.4 Å². The highest BCUT2D eigenvalue weighted by molar-refractivity contribution is 5.93. The Balaban J connectivity index is 1.74. The molecule has 2 aromatic rings. The predicted octanol–water partition coefficient (Wildman–Crippen LogP) is 7.49. The number of hydrogen-bond acceptors (Lipinski definition) is 9. The molecule has 1 atom stereocenters. The topological polar surface area (TPSA) is 116 Å². The maximum Gasteiger partial charge on any atom is 0.415 e. The van der Waals surface area contributed by atoms with Crippen LogP contribution in [0.4, 0.5) is 25.4 Å². The van der Waals surface area contributed by atoms with Gasteiger partial charge in [0.2, 0.25) is 0 Å². The standard InChI is InChI=1S/C38H54FN3O8/c1-36(2,3)48-31(43)21-40-33-30(47-24-26-13-11-10-12-14-26)20-29-28(32(33)39)19-27(42(29)35(45)50-38(7,8)9)23-41(34(44)49-37(4,5)6)22-25-15-17-46-18-16-25/h10-14,20,25,27,40H,15-19,21-24H2,1-9H3/t27-/m1/s1. The van der Waals surface area contributed by atoms with Gasteiger partial charge in [0.05, 0.1) is 11.7 Å². The lowest BCUT2D eigenvalue weighted by atomic mass is 9.99. The highest BCUT2D eigenvalue weighted by Gasteiger charge is 2.42. The zero-order valence-corrected chi connectivity index (χ0v) is 31.0. The van der Waals surface area contributed by atoms with Gasteiger partial charge in [0.25, 0.3) is 0 Å². The van der Waals surface area contributed by atoms with Gasteiger partial charge in [-0.15, -0.1) is 0 Å². The zero-order chi connectivity index (χ0) is 36.9. The maximum absolute atomic E-state index is 16.8. The molecule has 2 heterocycles. The first-order chi connectivity index (χ1) is 23.3. The molecule has 50 heavy (non-hydrogen) atoms. The second-order valence-electron chi connectivity index (χ2n) is 15.9. The van der Waals surface area contributed by atoms with E-state index in [-0.39, 0.29) is 54.7 Å². The average Bonchev–Trinajstić information content (AvgIpc) is 3.36. The molecule has 0 radical (unpaired) electrons. The highest BCUT2D eigenvalue weighted by Crippen LogP contribution is 2.44. The van der Waals surface area contributed by atoms with Gasteiger partial charge < -0.3 is 33.9 Å². The van der Waals surface area contributed by atoms with E-state index in [0.29, 0.717) is 19.8 Å². The van der Waals surface area contributed by atoms with E-state index in [4.69, 9.17) is 23.7 Å². The summed E-state index contributed by atoms with van der Waals surface area (Å²) in [4.78, 5) is 43.3. The summed E-state index contributed by atoms with van der Waals surface area (Å²) in [5.74, 6) is -0.957. The minimum absolute atomic E-state index is 0.0264. The summed E-state index contributed by atoms with van der Waals surface area (Å²) in [5.41, 5.74) is -1.01. The van der Waals surface area contributed by atoms with Gasteiger partial charge in [-0.2, -0.15) is 0 Å². The monoisotopic (exact) mass is 699 g/mol. The van der Waals surface area contributed by atoms with Crippen molar-refractivity contribution in [2.75, 3.05) is 43.1 Å². The van der Waals surface area contributed by atoms with E-state index in [1.807, 2.05) is 30.3 Å². The lowest BCUT2D eigenvalue weighted by molar-refractivity contribution is -0.152. The van der Waals surface area contributed by atoms with Crippen LogP contribution in [-0.4, -0.2) is 78.7 Å². The number of nitrogens with zero attached hydrogens (tertiary/aromatic N) is 2. The first-order valence-electron chi connectivity index (χ1n) is 17.4. The molecule has 0 unspecified atom stereocenters. The number of carbonyl (C=O) groups is 3. The number of carbonyl (C=O) groups excluding carboxylic acids is 3. The minimum atomic E-state index is -0.850. The van der Waals surface area contributed by atoms with E-state index < -0.39 is 46.8 Å². The molecule has 276 valence electrons. The van der Waals surface area contributed by atoms with Crippen molar-refractivity contribution < 1.29 is 42.5 Å². The molecule has 0 aromatic heterocycles. The Hall–Kier alpha value is -4.06. The number of fused-ring (bicyclic) bond motifs is 1. The number of amides is 2. The molecule has 2 aliphatic rings. The number of anilines is 2. The van der Waals surface area contributed by atoms with Crippen molar-refractivity contribution in [2.24, 2.45) is 5.92 Å². The molecule has 2 aliphatic heterocycles. The van der Waals surface area contributed by atoms with Crippen LogP contribution in [0.1, 0.15) is 86.3 Å². The number of halogens is 1. The Morgan fingerprint density at radius 2 is 1.52 bits per heavy atom. The molecular formula is C38H54FN3O8. The number of esters is 1. The summed E-state index contributed by atoms with van der Waals surface area (Å²) in [5, 5.41) is 2.90. The van der Waals surface area contributed by atoms with Crippen molar-refractivity contribution >= 4 is 29.5 Å². The third-order valence-corrected chi connectivity index (χ3v) is 7.93. The fraction of sp³-hybridized carbons (Fsp3) is 0.605. The van der Waals surface area contributed by atoms with Crippen molar-refractivity contribution in [3.63, 3.8) is 0 Å². The second-order valence-corrected chi connectivity index (χ2v) is 15.9. The third kappa shape index (κ3) is 11.2. The molecule has 2 aromatic carbocycles. The highest BCUT2D eigenvalue weighted by atomic mass is 19.1. The van der Waals surface area contributed by atoms with Gasteiger partial charge in [-0.1, -0.05) is 30.3 Å². The minimum Gasteiger partial charge on any atom is -0.487 e. The Bertz CT molecular complexity index is 1490. The Labute approximate surface area is 295 Å². The van der Waals surface area contributed by atoms with Gasteiger partial charge in [-0.25, -0.2) is 14.0 Å². The third-order valence-electron chi connectivity index (χ3n) is 7.93. The number of hydrogen-bond donors (Lipinski definition) is 1. The quantitative estimate of drug-likeness (QED) is 0.199. The summed E-state index contributed by atoms with van der Waals surface area (Å²) >= 11 is 0. The van der Waals surface area contributed by atoms with Crippen molar-refractivity contribution in [3.8, 4) is 5.75 Å². The fourth-order valence-corrected chi connectivity index (χ4v) is 5.89. The first kappa shape index (κ1) is 38.7. The molecule has 12 heteroatoms. The van der Waals surface area contributed by atoms with Crippen molar-refractivity contribution in [3.05, 3.63) is 53.3 Å². The Morgan fingerprint density at radius 3 is 2.12 bits per heavy atom. The lowest BCUT2D eigenvalue weighted by Crippen LogP contribution is -2.50. The van der Waals surface area contributed by atoms with Crippen LogP contribution in [0.5, 0.6) is 5.75 Å². The normalized spacial score (nSPS) is 16.8. The Kier molecular flexibility index (Phi) is 12.3. The van der Waals surface area contributed by atoms with Crippen LogP contribution in [-0.2, 0) is 36.8 Å². The van der Waals surface area contributed by atoms with Crippen LogP contribution in [0.3, 0.4) is 0 Å². The van der Waals surface area contributed by atoms with Crippen molar-refractivity contribution in [1.82, 2.24) is 4.90 Å². The summed E-state index contributed by atoms with van der Waals surface area (Å²) in [6, 6.07) is 10.3. The summed E-state index contributed by atoms with van der Waals surface area (Å²) in [7, 11) is 0. The lowest BCUT2D eigenvalue weighted by Gasteiger charge is -2.35. The van der Waals surface area contributed by atoms with Gasteiger partial charge in [-0.05, 0) is 86.6 Å². The molecular weight excluding hydrogens is 645 g/mol. The van der Waals surface area contributed by atoms with E-state index >= 15 is 4.39 Å². The van der Waals surface area contributed by atoms with Gasteiger partial charge in [-0.3, -0.25) is 9.69 Å². The molecule has 1 fully saturated rings. The molecule has 4 rings (SSSR count). The van der Waals surface area contributed by atoms with Gasteiger partial charge in [0.15, 0.2) is 5.82 Å². The molecule has 0 spiro atoms. The smallest absolute Gasteiger partial charge is 0.415 e. The largest absolute Gasteiger partial charge is 0.487 e. The molecule has 0 bridgehead atoms. The van der Waals surface area contributed by atoms with E-state index in [2.05, 4.69) is 5.32 Å². The van der Waals surface area contributed by atoms with Gasteiger partial charge in [0.1, 0.15) is 41.4 Å². The van der Waals surface area contributed by atoms with E-state index in [1.54, 1.807) is 73.3 Å². The molecule has 1 N–H and O–H groups in total. The summed E-state index contributed by atoms with van der Waals surface area (Å²) in [6.07, 6.45) is 0.441. The second kappa shape index (κ2) is 15.9. The number of benzene rings is 2. The molecule has 1 saturated heterocycles. The van der Waals surface area contributed by atoms with E-state index in [0.717, 1.165) is 18.4 Å². The average molecular weight is 700 g/mol. The maximum atomic E-state index is 16.8. The number of nitrogens with one attached hydrogen (secondary N) is 1. The van der Waals surface area contributed by atoms with Crippen LogP contribution in [0.2, 0.25) is 0 Å². The predicted molar refractivity (Wildman–Crippen MR) is 189 cm³/mol.